The van der Waals surface area contributed by atoms with Gasteiger partial charge < -0.3 is 14.6 Å². The number of aryl methyl sites for hydroxylation is 2. The van der Waals surface area contributed by atoms with Crippen molar-refractivity contribution in [1.29, 1.82) is 0 Å². The number of hydrogen-bond donors (Lipinski definition) is 1. The fourth-order valence-corrected chi connectivity index (χ4v) is 2.45. The first-order valence-corrected chi connectivity index (χ1v) is 7.28. The van der Waals surface area contributed by atoms with Crippen LogP contribution in [-0.4, -0.2) is 27.8 Å². The molecule has 3 rings (SSSR count). The molecule has 1 N–H and O–H groups in total. The van der Waals surface area contributed by atoms with Gasteiger partial charge in [-0.1, -0.05) is 11.2 Å². The van der Waals surface area contributed by atoms with E-state index in [1.807, 2.05) is 26.1 Å². The SMILES string of the molecule is Cc1ccc(CNC[C@H]2CC[C@@H](c3nc(C)no3)O2)nc1. The van der Waals surface area contributed by atoms with Gasteiger partial charge in [0, 0.05) is 19.3 Å². The van der Waals surface area contributed by atoms with Gasteiger partial charge in [0.25, 0.3) is 5.89 Å². The summed E-state index contributed by atoms with van der Waals surface area (Å²) < 4.78 is 11.1. The molecule has 1 aliphatic heterocycles. The Kier molecular flexibility index (Phi) is 4.26. The van der Waals surface area contributed by atoms with E-state index >= 15 is 0 Å². The number of rotatable bonds is 5. The third kappa shape index (κ3) is 3.65. The molecule has 2 aromatic rings. The van der Waals surface area contributed by atoms with Gasteiger partial charge in [-0.2, -0.15) is 4.98 Å². The third-order valence-electron chi connectivity index (χ3n) is 3.58. The van der Waals surface area contributed by atoms with Gasteiger partial charge in [0.05, 0.1) is 11.8 Å². The van der Waals surface area contributed by atoms with Crippen LogP contribution < -0.4 is 5.32 Å². The minimum Gasteiger partial charge on any atom is -0.364 e. The second-order valence-corrected chi connectivity index (χ2v) is 5.46. The molecule has 2 aromatic heterocycles. The summed E-state index contributed by atoms with van der Waals surface area (Å²) in [6.45, 7) is 5.41. The van der Waals surface area contributed by atoms with Crippen molar-refractivity contribution in [3.05, 3.63) is 41.3 Å². The number of nitrogens with one attached hydrogen (secondary N) is 1. The third-order valence-corrected chi connectivity index (χ3v) is 3.58. The predicted molar refractivity (Wildman–Crippen MR) is 76.6 cm³/mol. The lowest BCUT2D eigenvalue weighted by atomic mass is 10.2. The van der Waals surface area contributed by atoms with E-state index < -0.39 is 0 Å². The Hall–Kier alpha value is -1.79. The van der Waals surface area contributed by atoms with E-state index in [-0.39, 0.29) is 12.2 Å². The first kappa shape index (κ1) is 14.2. The highest BCUT2D eigenvalue weighted by Crippen LogP contribution is 2.31. The fourth-order valence-electron chi connectivity index (χ4n) is 2.45. The van der Waals surface area contributed by atoms with Gasteiger partial charge in [-0.3, -0.25) is 4.98 Å². The lowest BCUT2D eigenvalue weighted by molar-refractivity contribution is 0.0264. The van der Waals surface area contributed by atoms with Crippen LogP contribution in [0.2, 0.25) is 0 Å². The number of ether oxygens (including phenoxy) is 1. The molecule has 6 heteroatoms. The van der Waals surface area contributed by atoms with Gasteiger partial charge in [0.2, 0.25) is 0 Å². The lowest BCUT2D eigenvalue weighted by Crippen LogP contribution is -2.26. The van der Waals surface area contributed by atoms with Crippen LogP contribution in [0.3, 0.4) is 0 Å². The highest BCUT2D eigenvalue weighted by molar-refractivity contribution is 5.11. The van der Waals surface area contributed by atoms with E-state index in [2.05, 4.69) is 26.5 Å². The Balaban J connectivity index is 1.44. The maximum Gasteiger partial charge on any atom is 0.255 e. The van der Waals surface area contributed by atoms with Crippen LogP contribution in [0.1, 0.15) is 41.9 Å². The molecule has 0 aromatic carbocycles. The molecule has 2 atom stereocenters. The summed E-state index contributed by atoms with van der Waals surface area (Å²) in [4.78, 5) is 8.60. The van der Waals surface area contributed by atoms with E-state index in [9.17, 15) is 0 Å². The molecule has 1 aliphatic rings. The van der Waals surface area contributed by atoms with Crippen molar-refractivity contribution >= 4 is 0 Å². The maximum absolute atomic E-state index is 5.94. The van der Waals surface area contributed by atoms with E-state index in [1.165, 1.54) is 5.56 Å². The molecule has 3 heterocycles. The minimum atomic E-state index is -0.0597. The van der Waals surface area contributed by atoms with Crippen molar-refractivity contribution in [1.82, 2.24) is 20.4 Å². The zero-order valence-corrected chi connectivity index (χ0v) is 12.4. The van der Waals surface area contributed by atoms with Gasteiger partial charge in [-0.25, -0.2) is 0 Å². The normalized spacial score (nSPS) is 21.8. The Morgan fingerprint density at radius 3 is 2.90 bits per heavy atom. The molecule has 21 heavy (non-hydrogen) atoms. The van der Waals surface area contributed by atoms with E-state index in [0.29, 0.717) is 11.7 Å². The number of aromatic nitrogens is 3. The summed E-state index contributed by atoms with van der Waals surface area (Å²) in [5.41, 5.74) is 2.22. The molecule has 0 saturated carbocycles. The van der Waals surface area contributed by atoms with Gasteiger partial charge >= 0.3 is 0 Å². The van der Waals surface area contributed by atoms with Crippen LogP contribution in [0.25, 0.3) is 0 Å². The Morgan fingerprint density at radius 1 is 1.29 bits per heavy atom. The van der Waals surface area contributed by atoms with E-state index in [4.69, 9.17) is 9.26 Å². The van der Waals surface area contributed by atoms with Crippen molar-refractivity contribution in [3.63, 3.8) is 0 Å². The summed E-state index contributed by atoms with van der Waals surface area (Å²) >= 11 is 0. The second-order valence-electron chi connectivity index (χ2n) is 5.46. The number of pyridine rings is 1. The molecule has 1 saturated heterocycles. The Bertz CT molecular complexity index is 582. The van der Waals surface area contributed by atoms with Crippen molar-refractivity contribution in [2.45, 2.75) is 45.4 Å². The van der Waals surface area contributed by atoms with Crippen molar-refractivity contribution in [2.75, 3.05) is 6.54 Å². The first-order valence-electron chi connectivity index (χ1n) is 7.28. The first-order chi connectivity index (χ1) is 10.2. The Labute approximate surface area is 123 Å². The summed E-state index contributed by atoms with van der Waals surface area (Å²) in [5, 5.41) is 7.19. The topological polar surface area (TPSA) is 73.1 Å². The minimum absolute atomic E-state index is 0.0597. The van der Waals surface area contributed by atoms with E-state index in [0.717, 1.165) is 31.6 Å². The monoisotopic (exact) mass is 288 g/mol. The van der Waals surface area contributed by atoms with Crippen molar-refractivity contribution in [2.24, 2.45) is 0 Å². The average molecular weight is 288 g/mol. The highest BCUT2D eigenvalue weighted by atomic mass is 16.5. The standard InChI is InChI=1S/C15H20N4O2/c1-10-3-4-12(17-7-10)8-16-9-13-5-6-14(20-13)15-18-11(2)19-21-15/h3-4,7,13-14,16H,5-6,8-9H2,1-2H3/t13-,14+/m1/s1. The number of hydrogen-bond acceptors (Lipinski definition) is 6. The van der Waals surface area contributed by atoms with Crippen LogP contribution in [0.4, 0.5) is 0 Å². The molecule has 0 amide bonds. The van der Waals surface area contributed by atoms with Gasteiger partial charge in [0.15, 0.2) is 5.82 Å². The summed E-state index contributed by atoms with van der Waals surface area (Å²) in [5.74, 6) is 1.25. The summed E-state index contributed by atoms with van der Waals surface area (Å²) in [6.07, 6.45) is 3.94. The van der Waals surface area contributed by atoms with Crippen molar-refractivity contribution in [3.8, 4) is 0 Å². The molecule has 0 aliphatic carbocycles. The Morgan fingerprint density at radius 2 is 2.19 bits per heavy atom. The molecule has 6 nitrogen and oxygen atoms in total. The zero-order chi connectivity index (χ0) is 14.7. The smallest absolute Gasteiger partial charge is 0.255 e. The molecule has 0 bridgehead atoms. The van der Waals surface area contributed by atoms with E-state index in [1.54, 1.807) is 0 Å². The molecule has 1 fully saturated rings. The average Bonchev–Trinajstić information content (AvgIpc) is 3.10. The summed E-state index contributed by atoms with van der Waals surface area (Å²) in [7, 11) is 0. The van der Waals surface area contributed by atoms with Gasteiger partial charge in [-0.15, -0.1) is 0 Å². The maximum atomic E-state index is 5.94. The molecular weight excluding hydrogens is 268 g/mol. The number of nitrogens with zero attached hydrogens (tertiary/aromatic N) is 3. The molecular formula is C15H20N4O2. The van der Waals surface area contributed by atoms with Crippen LogP contribution in [0.15, 0.2) is 22.9 Å². The summed E-state index contributed by atoms with van der Waals surface area (Å²) in [6, 6.07) is 4.12. The van der Waals surface area contributed by atoms with Crippen LogP contribution in [-0.2, 0) is 11.3 Å². The molecule has 0 spiro atoms. The lowest BCUT2D eigenvalue weighted by Gasteiger charge is -2.12. The van der Waals surface area contributed by atoms with Crippen LogP contribution in [0, 0.1) is 13.8 Å². The van der Waals surface area contributed by atoms with Gasteiger partial charge in [-0.05, 0) is 38.3 Å². The zero-order valence-electron chi connectivity index (χ0n) is 12.4. The van der Waals surface area contributed by atoms with Crippen LogP contribution >= 0.6 is 0 Å². The molecule has 112 valence electrons. The van der Waals surface area contributed by atoms with Crippen LogP contribution in [0.5, 0.6) is 0 Å². The second kappa shape index (κ2) is 6.32. The quantitative estimate of drug-likeness (QED) is 0.908. The predicted octanol–water partition coefficient (Wildman–Crippen LogP) is 2.09. The highest BCUT2D eigenvalue weighted by Gasteiger charge is 2.30. The van der Waals surface area contributed by atoms with Crippen molar-refractivity contribution < 1.29 is 9.26 Å². The molecule has 0 unspecified atom stereocenters. The fraction of sp³-hybridized carbons (Fsp3) is 0.533. The largest absolute Gasteiger partial charge is 0.364 e. The molecule has 0 radical (unpaired) electrons. The van der Waals surface area contributed by atoms with Gasteiger partial charge in [0.1, 0.15) is 6.10 Å².